The number of nitrogens with one attached hydrogen (secondary N) is 1. The predicted octanol–water partition coefficient (Wildman–Crippen LogP) is 3.67. The van der Waals surface area contributed by atoms with Crippen LogP contribution in [0.3, 0.4) is 0 Å². The zero-order chi connectivity index (χ0) is 10.7. The molecule has 0 aliphatic heterocycles. The SMILES string of the molecule is C=C(CC)CNc1ccc2ncsc2c1. The highest BCUT2D eigenvalue weighted by molar-refractivity contribution is 7.16. The van der Waals surface area contributed by atoms with Gasteiger partial charge in [0.05, 0.1) is 15.7 Å². The molecular formula is C12H14N2S. The molecule has 0 amide bonds. The summed E-state index contributed by atoms with van der Waals surface area (Å²) in [5, 5.41) is 3.36. The van der Waals surface area contributed by atoms with E-state index in [9.17, 15) is 0 Å². The Bertz CT molecular complexity index is 473. The standard InChI is InChI=1S/C12H14N2S/c1-3-9(2)7-13-10-4-5-11-12(6-10)15-8-14-11/h4-6,8,13H,2-3,7H2,1H3. The molecule has 2 aromatic rings. The number of hydrogen-bond donors (Lipinski definition) is 1. The van der Waals surface area contributed by atoms with Gasteiger partial charge in [-0.15, -0.1) is 11.3 Å². The van der Waals surface area contributed by atoms with Gasteiger partial charge in [-0.3, -0.25) is 0 Å². The van der Waals surface area contributed by atoms with Crippen molar-refractivity contribution in [3.05, 3.63) is 35.9 Å². The lowest BCUT2D eigenvalue weighted by atomic mass is 10.2. The molecule has 15 heavy (non-hydrogen) atoms. The monoisotopic (exact) mass is 218 g/mol. The summed E-state index contributed by atoms with van der Waals surface area (Å²) in [6.07, 6.45) is 1.02. The molecule has 0 aliphatic carbocycles. The molecule has 1 N–H and O–H groups in total. The van der Waals surface area contributed by atoms with Crippen molar-refractivity contribution < 1.29 is 0 Å². The van der Waals surface area contributed by atoms with Crippen LogP contribution in [0.4, 0.5) is 5.69 Å². The van der Waals surface area contributed by atoms with Crippen LogP contribution < -0.4 is 5.32 Å². The zero-order valence-corrected chi connectivity index (χ0v) is 9.60. The Labute approximate surface area is 93.7 Å². The highest BCUT2D eigenvalue weighted by Gasteiger charge is 1.98. The van der Waals surface area contributed by atoms with Crippen LogP contribution >= 0.6 is 11.3 Å². The summed E-state index contributed by atoms with van der Waals surface area (Å²) in [7, 11) is 0. The average molecular weight is 218 g/mol. The minimum atomic E-state index is 0.848. The third kappa shape index (κ3) is 2.36. The van der Waals surface area contributed by atoms with Crippen molar-refractivity contribution in [2.45, 2.75) is 13.3 Å². The minimum absolute atomic E-state index is 0.848. The minimum Gasteiger partial charge on any atom is -0.381 e. The Hall–Kier alpha value is -1.35. The molecule has 0 spiro atoms. The van der Waals surface area contributed by atoms with Crippen molar-refractivity contribution in [1.82, 2.24) is 4.98 Å². The average Bonchev–Trinajstić information content (AvgIpc) is 2.72. The molecule has 0 unspecified atom stereocenters. The fourth-order valence-electron chi connectivity index (χ4n) is 1.32. The Balaban J connectivity index is 2.11. The fraction of sp³-hybridized carbons (Fsp3) is 0.250. The van der Waals surface area contributed by atoms with Crippen LogP contribution in [0.2, 0.25) is 0 Å². The predicted molar refractivity (Wildman–Crippen MR) is 67.5 cm³/mol. The largest absolute Gasteiger partial charge is 0.381 e. The summed E-state index contributed by atoms with van der Waals surface area (Å²) in [4.78, 5) is 4.24. The lowest BCUT2D eigenvalue weighted by Gasteiger charge is -2.06. The normalized spacial score (nSPS) is 10.5. The first-order valence-electron chi connectivity index (χ1n) is 5.03. The molecule has 1 heterocycles. The van der Waals surface area contributed by atoms with Gasteiger partial charge in [0.2, 0.25) is 0 Å². The van der Waals surface area contributed by atoms with Gasteiger partial charge >= 0.3 is 0 Å². The third-order valence-corrected chi connectivity index (χ3v) is 3.17. The van der Waals surface area contributed by atoms with Gasteiger partial charge in [-0.2, -0.15) is 0 Å². The summed E-state index contributed by atoms with van der Waals surface area (Å²) in [5.74, 6) is 0. The van der Waals surface area contributed by atoms with Gasteiger partial charge in [-0.25, -0.2) is 4.98 Å². The lowest BCUT2D eigenvalue weighted by molar-refractivity contribution is 1.05. The van der Waals surface area contributed by atoms with E-state index in [-0.39, 0.29) is 0 Å². The van der Waals surface area contributed by atoms with Crippen molar-refractivity contribution in [3.63, 3.8) is 0 Å². The van der Waals surface area contributed by atoms with Gasteiger partial charge in [0.25, 0.3) is 0 Å². The van der Waals surface area contributed by atoms with E-state index in [1.807, 2.05) is 11.6 Å². The van der Waals surface area contributed by atoms with Crippen LogP contribution in [0.1, 0.15) is 13.3 Å². The second-order valence-corrected chi connectivity index (χ2v) is 4.38. The Morgan fingerprint density at radius 2 is 2.40 bits per heavy atom. The number of fused-ring (bicyclic) bond motifs is 1. The number of hydrogen-bond acceptors (Lipinski definition) is 3. The van der Waals surface area contributed by atoms with E-state index in [1.54, 1.807) is 11.3 Å². The number of thiazole rings is 1. The van der Waals surface area contributed by atoms with Crippen molar-refractivity contribution >= 4 is 27.2 Å². The van der Waals surface area contributed by atoms with E-state index in [1.165, 1.54) is 10.3 Å². The molecule has 2 nitrogen and oxygen atoms in total. The van der Waals surface area contributed by atoms with Crippen LogP contribution in [0.5, 0.6) is 0 Å². The van der Waals surface area contributed by atoms with E-state index in [2.05, 4.69) is 35.9 Å². The highest BCUT2D eigenvalue weighted by atomic mass is 32.1. The molecular weight excluding hydrogens is 204 g/mol. The van der Waals surface area contributed by atoms with Crippen LogP contribution in [0.15, 0.2) is 35.9 Å². The molecule has 0 radical (unpaired) electrons. The van der Waals surface area contributed by atoms with E-state index < -0.39 is 0 Å². The van der Waals surface area contributed by atoms with E-state index in [4.69, 9.17) is 0 Å². The maximum absolute atomic E-state index is 4.24. The Kier molecular flexibility index (Phi) is 3.02. The van der Waals surface area contributed by atoms with Crippen LogP contribution in [-0.4, -0.2) is 11.5 Å². The first-order chi connectivity index (χ1) is 7.29. The molecule has 1 aromatic carbocycles. The molecule has 1 aromatic heterocycles. The van der Waals surface area contributed by atoms with Crippen molar-refractivity contribution in [2.75, 3.05) is 11.9 Å². The summed E-state index contributed by atoms with van der Waals surface area (Å²) in [6, 6.07) is 6.24. The topological polar surface area (TPSA) is 24.9 Å². The molecule has 3 heteroatoms. The maximum atomic E-state index is 4.24. The molecule has 2 rings (SSSR count). The Morgan fingerprint density at radius 3 is 3.20 bits per heavy atom. The van der Waals surface area contributed by atoms with Crippen LogP contribution in [-0.2, 0) is 0 Å². The molecule has 0 bridgehead atoms. The number of aromatic nitrogens is 1. The molecule has 78 valence electrons. The van der Waals surface area contributed by atoms with Crippen molar-refractivity contribution in [3.8, 4) is 0 Å². The van der Waals surface area contributed by atoms with Gasteiger partial charge in [0, 0.05) is 12.2 Å². The van der Waals surface area contributed by atoms with E-state index in [0.717, 1.165) is 24.2 Å². The number of rotatable bonds is 4. The van der Waals surface area contributed by atoms with Crippen LogP contribution in [0, 0.1) is 0 Å². The summed E-state index contributed by atoms with van der Waals surface area (Å²) in [6.45, 7) is 6.94. The number of anilines is 1. The molecule has 0 saturated heterocycles. The van der Waals surface area contributed by atoms with Gasteiger partial charge < -0.3 is 5.32 Å². The van der Waals surface area contributed by atoms with Gasteiger partial charge in [0.15, 0.2) is 0 Å². The molecule has 0 fully saturated rings. The zero-order valence-electron chi connectivity index (χ0n) is 8.79. The van der Waals surface area contributed by atoms with Gasteiger partial charge in [-0.1, -0.05) is 19.1 Å². The highest BCUT2D eigenvalue weighted by Crippen LogP contribution is 2.21. The second kappa shape index (κ2) is 4.45. The van der Waals surface area contributed by atoms with Crippen molar-refractivity contribution in [2.24, 2.45) is 0 Å². The first kappa shape index (κ1) is 10.2. The molecule has 0 aliphatic rings. The summed E-state index contributed by atoms with van der Waals surface area (Å²) >= 11 is 1.67. The fourth-order valence-corrected chi connectivity index (χ4v) is 2.03. The first-order valence-corrected chi connectivity index (χ1v) is 5.91. The maximum Gasteiger partial charge on any atom is 0.0813 e. The van der Waals surface area contributed by atoms with Gasteiger partial charge in [0.1, 0.15) is 0 Å². The Morgan fingerprint density at radius 1 is 1.53 bits per heavy atom. The number of benzene rings is 1. The lowest BCUT2D eigenvalue weighted by Crippen LogP contribution is -2.02. The molecule has 0 saturated carbocycles. The summed E-state index contributed by atoms with van der Waals surface area (Å²) < 4.78 is 1.22. The quantitative estimate of drug-likeness (QED) is 0.792. The third-order valence-electron chi connectivity index (χ3n) is 2.37. The van der Waals surface area contributed by atoms with E-state index in [0.29, 0.717) is 0 Å². The summed E-state index contributed by atoms with van der Waals surface area (Å²) in [5.41, 5.74) is 5.31. The smallest absolute Gasteiger partial charge is 0.0813 e. The van der Waals surface area contributed by atoms with Gasteiger partial charge in [-0.05, 0) is 24.6 Å². The van der Waals surface area contributed by atoms with E-state index >= 15 is 0 Å². The van der Waals surface area contributed by atoms with Crippen LogP contribution in [0.25, 0.3) is 10.2 Å². The second-order valence-electron chi connectivity index (χ2n) is 3.49. The van der Waals surface area contributed by atoms with Crippen molar-refractivity contribution in [1.29, 1.82) is 0 Å². The molecule has 0 atom stereocenters. The number of nitrogens with zero attached hydrogens (tertiary/aromatic N) is 1.